The van der Waals surface area contributed by atoms with Gasteiger partial charge in [0.1, 0.15) is 0 Å². The Kier molecular flexibility index (Phi) is 4.77. The Labute approximate surface area is 70.8 Å². The summed E-state index contributed by atoms with van der Waals surface area (Å²) >= 11 is 0. The van der Waals surface area contributed by atoms with Gasteiger partial charge in [-0.3, -0.25) is 4.57 Å². The van der Waals surface area contributed by atoms with E-state index in [0.29, 0.717) is 14.1 Å². The van der Waals surface area contributed by atoms with E-state index in [4.69, 9.17) is 0 Å². The average molecular weight is 172 g/mol. The lowest BCUT2D eigenvalue weighted by Crippen LogP contribution is -1.96. The van der Waals surface area contributed by atoms with Crippen molar-refractivity contribution in [3.8, 4) is 0 Å². The molecule has 0 radical (unpaired) electrons. The lowest BCUT2D eigenvalue weighted by atomic mass is 10.1. The van der Waals surface area contributed by atoms with Crippen LogP contribution >= 0.6 is 8.46 Å². The van der Waals surface area contributed by atoms with E-state index in [1.807, 2.05) is 0 Å². The van der Waals surface area contributed by atoms with Crippen LogP contribution in [0, 0.1) is 0 Å². The fourth-order valence-corrected chi connectivity index (χ4v) is 2.29. The molecule has 11 heavy (non-hydrogen) atoms. The van der Waals surface area contributed by atoms with Gasteiger partial charge in [0.15, 0.2) is 8.46 Å². The van der Waals surface area contributed by atoms with Crippen molar-refractivity contribution < 1.29 is 4.57 Å². The summed E-state index contributed by atoms with van der Waals surface area (Å²) < 4.78 is 10.6. The van der Waals surface area contributed by atoms with Gasteiger partial charge in [0, 0.05) is 5.66 Å². The first-order chi connectivity index (χ1) is 5.43. The van der Waals surface area contributed by atoms with Gasteiger partial charge in [0.05, 0.1) is 0 Å². The Morgan fingerprint density at radius 3 is 1.73 bits per heavy atom. The van der Waals surface area contributed by atoms with Crippen molar-refractivity contribution in [2.24, 2.45) is 0 Å². The van der Waals surface area contributed by atoms with Crippen molar-refractivity contribution in [3.05, 3.63) is 0 Å². The summed E-state index contributed by atoms with van der Waals surface area (Å²) in [5.74, 6) is 0. The normalized spacial score (nSPS) is 24.0. The van der Waals surface area contributed by atoms with Crippen molar-refractivity contribution in [3.63, 3.8) is 0 Å². The fourth-order valence-electron chi connectivity index (χ4n) is 1.72. The molecule has 0 bridgehead atoms. The zero-order valence-electron chi connectivity index (χ0n) is 7.09. The van der Waals surface area contributed by atoms with E-state index in [1.165, 1.54) is 51.4 Å². The van der Waals surface area contributed by atoms with E-state index in [2.05, 4.69) is 0 Å². The SMILES string of the molecule is O=PC1CCCCCCCC1. The Morgan fingerprint density at radius 2 is 1.27 bits per heavy atom. The summed E-state index contributed by atoms with van der Waals surface area (Å²) in [5.41, 5.74) is 0.480. The van der Waals surface area contributed by atoms with E-state index in [-0.39, 0.29) is 0 Å². The molecule has 0 N–H and O–H groups in total. The maximum absolute atomic E-state index is 10.6. The molecule has 0 aromatic rings. The second-order valence-electron chi connectivity index (χ2n) is 3.46. The van der Waals surface area contributed by atoms with Crippen LogP contribution in [0.4, 0.5) is 0 Å². The van der Waals surface area contributed by atoms with Gasteiger partial charge in [-0.05, 0) is 12.8 Å². The summed E-state index contributed by atoms with van der Waals surface area (Å²) in [6.45, 7) is 0. The largest absolute Gasteiger partial charge is 0.275 e. The first-order valence-electron chi connectivity index (χ1n) is 4.76. The van der Waals surface area contributed by atoms with Crippen LogP contribution in [0.15, 0.2) is 0 Å². The quantitative estimate of drug-likeness (QED) is 0.550. The number of rotatable bonds is 1. The fraction of sp³-hybridized carbons (Fsp3) is 1.00. The van der Waals surface area contributed by atoms with Gasteiger partial charge in [-0.25, -0.2) is 0 Å². The predicted octanol–water partition coefficient (Wildman–Crippen LogP) is 3.78. The standard InChI is InChI=1S/C9H17OP/c10-11-9-7-5-3-1-2-4-6-8-9/h9H,1-8H2. The molecule has 0 aliphatic heterocycles. The molecular weight excluding hydrogens is 155 g/mol. The van der Waals surface area contributed by atoms with E-state index in [1.54, 1.807) is 0 Å². The van der Waals surface area contributed by atoms with Gasteiger partial charge in [0.25, 0.3) is 0 Å². The van der Waals surface area contributed by atoms with Crippen LogP contribution in [-0.2, 0) is 4.57 Å². The molecule has 64 valence electrons. The Balaban J connectivity index is 2.24. The zero-order chi connectivity index (χ0) is 7.94. The first-order valence-corrected chi connectivity index (χ1v) is 5.64. The first kappa shape index (κ1) is 9.19. The van der Waals surface area contributed by atoms with Crippen molar-refractivity contribution in [2.45, 2.75) is 57.0 Å². The Bertz CT molecular complexity index is 104. The molecule has 0 heterocycles. The average Bonchev–Trinajstić information content (AvgIpc) is 2.16. The molecular formula is C9H17OP. The highest BCUT2D eigenvalue weighted by atomic mass is 31.1. The Hall–Kier alpha value is 0.100. The summed E-state index contributed by atoms with van der Waals surface area (Å²) in [6, 6.07) is 0. The maximum atomic E-state index is 10.6. The molecule has 1 rings (SSSR count). The van der Waals surface area contributed by atoms with Crippen LogP contribution < -0.4 is 0 Å². The molecule has 2 heteroatoms. The van der Waals surface area contributed by atoms with Gasteiger partial charge in [-0.2, -0.15) is 0 Å². The third-order valence-corrected chi connectivity index (χ3v) is 3.29. The molecule has 0 aromatic carbocycles. The Morgan fingerprint density at radius 1 is 0.818 bits per heavy atom. The lowest BCUT2D eigenvalue weighted by Gasteiger charge is -2.04. The van der Waals surface area contributed by atoms with E-state index in [9.17, 15) is 4.57 Å². The van der Waals surface area contributed by atoms with Crippen LogP contribution in [-0.4, -0.2) is 5.66 Å². The molecule has 1 fully saturated rings. The predicted molar refractivity (Wildman–Crippen MR) is 48.3 cm³/mol. The lowest BCUT2D eigenvalue weighted by molar-refractivity contribution is 0.567. The van der Waals surface area contributed by atoms with Gasteiger partial charge in [0.2, 0.25) is 0 Å². The second kappa shape index (κ2) is 5.71. The van der Waals surface area contributed by atoms with Crippen molar-refractivity contribution in [2.75, 3.05) is 0 Å². The van der Waals surface area contributed by atoms with Crippen LogP contribution in [0.5, 0.6) is 0 Å². The summed E-state index contributed by atoms with van der Waals surface area (Å²) in [5, 5.41) is 0. The van der Waals surface area contributed by atoms with Crippen molar-refractivity contribution in [1.82, 2.24) is 0 Å². The maximum Gasteiger partial charge on any atom is 0.158 e. The van der Waals surface area contributed by atoms with E-state index in [0.717, 1.165) is 0 Å². The van der Waals surface area contributed by atoms with Crippen LogP contribution in [0.1, 0.15) is 51.4 Å². The molecule has 0 aromatic heterocycles. The van der Waals surface area contributed by atoms with Crippen LogP contribution in [0.25, 0.3) is 0 Å². The van der Waals surface area contributed by atoms with Crippen molar-refractivity contribution >= 4 is 8.46 Å². The summed E-state index contributed by atoms with van der Waals surface area (Å²) in [4.78, 5) is 0. The van der Waals surface area contributed by atoms with Gasteiger partial charge < -0.3 is 0 Å². The minimum Gasteiger partial charge on any atom is -0.275 e. The molecule has 1 saturated carbocycles. The van der Waals surface area contributed by atoms with Gasteiger partial charge in [-0.1, -0.05) is 38.5 Å². The molecule has 1 aliphatic carbocycles. The molecule has 0 spiro atoms. The minimum atomic E-state index is 0.387. The highest BCUT2D eigenvalue weighted by molar-refractivity contribution is 7.24. The molecule has 0 unspecified atom stereocenters. The second-order valence-corrected chi connectivity index (χ2v) is 4.40. The summed E-state index contributed by atoms with van der Waals surface area (Å²) in [6.07, 6.45) is 10.4. The minimum absolute atomic E-state index is 0.387. The number of hydrogen-bond acceptors (Lipinski definition) is 1. The van der Waals surface area contributed by atoms with Gasteiger partial charge >= 0.3 is 0 Å². The monoisotopic (exact) mass is 172 g/mol. The van der Waals surface area contributed by atoms with E-state index < -0.39 is 0 Å². The molecule has 0 atom stereocenters. The zero-order valence-corrected chi connectivity index (χ0v) is 7.98. The van der Waals surface area contributed by atoms with Crippen molar-refractivity contribution in [1.29, 1.82) is 0 Å². The third-order valence-electron chi connectivity index (χ3n) is 2.47. The van der Waals surface area contributed by atoms with E-state index >= 15 is 0 Å². The summed E-state index contributed by atoms with van der Waals surface area (Å²) in [7, 11) is 0.387. The molecule has 0 saturated heterocycles. The van der Waals surface area contributed by atoms with Crippen LogP contribution in [0.2, 0.25) is 0 Å². The highest BCUT2D eigenvalue weighted by Gasteiger charge is 2.09. The topological polar surface area (TPSA) is 17.1 Å². The smallest absolute Gasteiger partial charge is 0.158 e. The molecule has 0 amide bonds. The molecule has 1 aliphatic rings. The van der Waals surface area contributed by atoms with Crippen LogP contribution in [0.3, 0.4) is 0 Å². The van der Waals surface area contributed by atoms with Gasteiger partial charge in [-0.15, -0.1) is 0 Å². The molecule has 1 nitrogen and oxygen atoms in total. The number of hydrogen-bond donors (Lipinski definition) is 0. The highest BCUT2D eigenvalue weighted by Crippen LogP contribution is 2.24. The third kappa shape index (κ3) is 3.86.